The number of ether oxygens (including phenoxy) is 1. The Morgan fingerprint density at radius 1 is 1.46 bits per heavy atom. The molecular weight excluding hydrogens is 316 g/mol. The number of carbonyl (C=O) groups excluding carboxylic acids is 2. The zero-order valence-electron chi connectivity index (χ0n) is 13.4. The van der Waals surface area contributed by atoms with Crippen molar-refractivity contribution in [3.63, 3.8) is 0 Å². The highest BCUT2D eigenvalue weighted by molar-refractivity contribution is 5.87. The third-order valence-electron chi connectivity index (χ3n) is 4.03. The highest BCUT2D eigenvalue weighted by atomic mass is 16.5. The molecule has 1 aliphatic rings. The number of hydrogen-bond donors (Lipinski definition) is 2. The molecule has 10 heteroatoms. The molecule has 0 aliphatic carbocycles. The number of amides is 1. The van der Waals surface area contributed by atoms with Gasteiger partial charge in [0.25, 0.3) is 5.56 Å². The number of esters is 1. The van der Waals surface area contributed by atoms with Crippen LogP contribution in [-0.2, 0) is 27.9 Å². The number of nitrogens with one attached hydrogen (secondary N) is 2. The van der Waals surface area contributed by atoms with Gasteiger partial charge in [0.05, 0.1) is 26.3 Å². The number of carbonyl (C=O) groups is 2. The van der Waals surface area contributed by atoms with E-state index in [0.717, 1.165) is 0 Å². The SMILES string of the molecule is COC(=O)CC1C(=O)NCCN1Cc1nc2c(cnn2C)c(=O)[nH]1. The zero-order chi connectivity index (χ0) is 17.3. The lowest BCUT2D eigenvalue weighted by atomic mass is 10.1. The Balaban J connectivity index is 1.87. The third kappa shape index (κ3) is 3.00. The van der Waals surface area contributed by atoms with Gasteiger partial charge in [-0.1, -0.05) is 0 Å². The Morgan fingerprint density at radius 2 is 2.25 bits per heavy atom. The van der Waals surface area contributed by atoms with Gasteiger partial charge < -0.3 is 15.0 Å². The summed E-state index contributed by atoms with van der Waals surface area (Å²) in [5, 5.41) is 7.15. The largest absolute Gasteiger partial charge is 0.469 e. The van der Waals surface area contributed by atoms with Gasteiger partial charge in [-0.3, -0.25) is 24.0 Å². The van der Waals surface area contributed by atoms with Gasteiger partial charge in [-0.2, -0.15) is 5.10 Å². The molecule has 1 atom stereocenters. The van der Waals surface area contributed by atoms with E-state index in [1.54, 1.807) is 11.9 Å². The van der Waals surface area contributed by atoms with Crippen molar-refractivity contribution in [3.8, 4) is 0 Å². The van der Waals surface area contributed by atoms with Gasteiger partial charge in [-0.15, -0.1) is 0 Å². The number of aromatic nitrogens is 4. The molecule has 1 unspecified atom stereocenters. The maximum atomic E-state index is 12.1. The summed E-state index contributed by atoms with van der Waals surface area (Å²) in [6, 6.07) is -0.654. The summed E-state index contributed by atoms with van der Waals surface area (Å²) in [5.74, 6) is -0.290. The van der Waals surface area contributed by atoms with Gasteiger partial charge in [0, 0.05) is 20.1 Å². The van der Waals surface area contributed by atoms with Gasteiger partial charge in [0.1, 0.15) is 17.3 Å². The lowest BCUT2D eigenvalue weighted by Gasteiger charge is -2.33. The van der Waals surface area contributed by atoms with Crippen molar-refractivity contribution in [2.75, 3.05) is 20.2 Å². The molecule has 1 aliphatic heterocycles. The van der Waals surface area contributed by atoms with Crippen LogP contribution in [-0.4, -0.2) is 62.8 Å². The highest BCUT2D eigenvalue weighted by Gasteiger charge is 2.32. The summed E-state index contributed by atoms with van der Waals surface area (Å²) in [6.45, 7) is 1.25. The number of aryl methyl sites for hydroxylation is 1. The maximum Gasteiger partial charge on any atom is 0.307 e. The van der Waals surface area contributed by atoms with Crippen LogP contribution in [0.15, 0.2) is 11.0 Å². The quantitative estimate of drug-likeness (QED) is 0.654. The fraction of sp³-hybridized carbons (Fsp3) is 0.500. The van der Waals surface area contributed by atoms with E-state index in [9.17, 15) is 14.4 Å². The average molecular weight is 334 g/mol. The molecule has 1 amide bonds. The molecule has 3 rings (SSSR count). The molecule has 2 N–H and O–H groups in total. The Kier molecular flexibility index (Phi) is 4.30. The molecule has 0 saturated carbocycles. The van der Waals surface area contributed by atoms with Crippen molar-refractivity contribution in [1.29, 1.82) is 0 Å². The molecule has 0 bridgehead atoms. The second-order valence-corrected chi connectivity index (χ2v) is 5.58. The average Bonchev–Trinajstić information content (AvgIpc) is 2.92. The summed E-state index contributed by atoms with van der Waals surface area (Å²) in [6.07, 6.45) is 1.40. The molecule has 2 aromatic rings. The molecule has 3 heterocycles. The lowest BCUT2D eigenvalue weighted by Crippen LogP contribution is -2.55. The number of methoxy groups -OCH3 is 1. The molecule has 128 valence electrons. The smallest absolute Gasteiger partial charge is 0.307 e. The third-order valence-corrected chi connectivity index (χ3v) is 4.03. The Bertz CT molecular complexity index is 841. The van der Waals surface area contributed by atoms with Crippen LogP contribution >= 0.6 is 0 Å². The van der Waals surface area contributed by atoms with E-state index >= 15 is 0 Å². The van der Waals surface area contributed by atoms with Gasteiger partial charge in [0.15, 0.2) is 5.65 Å². The number of hydrogen-bond acceptors (Lipinski definition) is 7. The van der Waals surface area contributed by atoms with Crippen LogP contribution in [0.5, 0.6) is 0 Å². The summed E-state index contributed by atoms with van der Waals surface area (Å²) in [7, 11) is 2.98. The second kappa shape index (κ2) is 6.40. The predicted molar refractivity (Wildman–Crippen MR) is 83.0 cm³/mol. The van der Waals surface area contributed by atoms with Crippen LogP contribution < -0.4 is 10.9 Å². The minimum atomic E-state index is -0.654. The minimum Gasteiger partial charge on any atom is -0.469 e. The number of aromatic amines is 1. The van der Waals surface area contributed by atoms with Crippen molar-refractivity contribution in [3.05, 3.63) is 22.4 Å². The van der Waals surface area contributed by atoms with Gasteiger partial charge in [-0.05, 0) is 0 Å². The van der Waals surface area contributed by atoms with Gasteiger partial charge >= 0.3 is 5.97 Å². The minimum absolute atomic E-state index is 0.0550. The Labute approximate surface area is 136 Å². The Morgan fingerprint density at radius 3 is 3.00 bits per heavy atom. The fourth-order valence-corrected chi connectivity index (χ4v) is 2.76. The predicted octanol–water partition coefficient (Wildman–Crippen LogP) is -1.48. The monoisotopic (exact) mass is 334 g/mol. The van der Waals surface area contributed by atoms with Crippen LogP contribution in [0.4, 0.5) is 0 Å². The zero-order valence-corrected chi connectivity index (χ0v) is 13.4. The van der Waals surface area contributed by atoms with E-state index in [0.29, 0.717) is 29.9 Å². The molecule has 0 radical (unpaired) electrons. The summed E-state index contributed by atoms with van der Waals surface area (Å²) in [5.41, 5.74) is 0.189. The number of nitrogens with zero attached hydrogens (tertiary/aromatic N) is 4. The molecule has 2 aromatic heterocycles. The second-order valence-electron chi connectivity index (χ2n) is 5.58. The van der Waals surface area contributed by atoms with Crippen molar-refractivity contribution < 1.29 is 14.3 Å². The van der Waals surface area contributed by atoms with E-state index in [4.69, 9.17) is 0 Å². The molecule has 0 spiro atoms. The van der Waals surface area contributed by atoms with E-state index in [1.807, 2.05) is 0 Å². The molecule has 1 saturated heterocycles. The lowest BCUT2D eigenvalue weighted by molar-refractivity contribution is -0.146. The molecule has 10 nitrogen and oxygen atoms in total. The normalized spacial score (nSPS) is 18.6. The van der Waals surface area contributed by atoms with Crippen LogP contribution in [0.25, 0.3) is 11.0 Å². The first-order valence-electron chi connectivity index (χ1n) is 7.49. The first-order chi connectivity index (χ1) is 11.5. The van der Waals surface area contributed by atoms with E-state index in [-0.39, 0.29) is 24.4 Å². The number of piperazine rings is 1. The number of H-pyrrole nitrogens is 1. The van der Waals surface area contributed by atoms with Crippen molar-refractivity contribution in [2.45, 2.75) is 19.0 Å². The van der Waals surface area contributed by atoms with Gasteiger partial charge in [-0.25, -0.2) is 4.98 Å². The maximum absolute atomic E-state index is 12.1. The van der Waals surface area contributed by atoms with Crippen LogP contribution in [0, 0.1) is 0 Å². The van der Waals surface area contributed by atoms with Crippen LogP contribution in [0.1, 0.15) is 12.2 Å². The molecule has 1 fully saturated rings. The van der Waals surface area contributed by atoms with Crippen LogP contribution in [0.3, 0.4) is 0 Å². The summed E-state index contributed by atoms with van der Waals surface area (Å²) in [4.78, 5) is 44.6. The van der Waals surface area contributed by atoms with Gasteiger partial charge in [0.2, 0.25) is 5.91 Å². The summed E-state index contributed by atoms with van der Waals surface area (Å²) < 4.78 is 6.17. The first-order valence-corrected chi connectivity index (χ1v) is 7.49. The van der Waals surface area contributed by atoms with Crippen LogP contribution in [0.2, 0.25) is 0 Å². The first kappa shape index (κ1) is 16.1. The van der Waals surface area contributed by atoms with E-state index in [1.165, 1.54) is 18.0 Å². The van der Waals surface area contributed by atoms with Crippen molar-refractivity contribution in [2.24, 2.45) is 7.05 Å². The fourth-order valence-electron chi connectivity index (χ4n) is 2.76. The molecular formula is C14H18N6O4. The number of fused-ring (bicyclic) bond motifs is 1. The standard InChI is InChI=1S/C14H18N6O4/c1-19-12-8(6-16-19)13(22)18-10(17-12)7-20-4-3-15-14(23)9(20)5-11(21)24-2/h6,9H,3-5,7H2,1-2H3,(H,15,23)(H,17,18,22). The molecule has 0 aromatic carbocycles. The van der Waals surface area contributed by atoms with E-state index < -0.39 is 12.0 Å². The summed E-state index contributed by atoms with van der Waals surface area (Å²) >= 11 is 0. The topological polar surface area (TPSA) is 122 Å². The molecule has 24 heavy (non-hydrogen) atoms. The van der Waals surface area contributed by atoms with Crippen molar-refractivity contribution in [1.82, 2.24) is 30.0 Å². The van der Waals surface area contributed by atoms with Crippen molar-refractivity contribution >= 4 is 22.9 Å². The Hall–Kier alpha value is -2.75. The van der Waals surface area contributed by atoms with E-state index in [2.05, 4.69) is 25.1 Å². The highest BCUT2D eigenvalue weighted by Crippen LogP contribution is 2.13. The number of rotatable bonds is 4.